The molecule has 0 unspecified atom stereocenters. The SMILES string of the molecule is CCCCCC[C@H](OC(=O)c1ccc(OC(=O)c2ccc(-c3ccc(OCCCCCCOCC4(C)COC4)cc3)cc2)cc1)C(F)(F)F. The van der Waals surface area contributed by atoms with Crippen molar-refractivity contribution in [2.45, 2.75) is 83.9 Å². The molecule has 7 nitrogen and oxygen atoms in total. The van der Waals surface area contributed by atoms with E-state index < -0.39 is 24.2 Å². The van der Waals surface area contributed by atoms with Crippen molar-refractivity contribution < 1.29 is 46.4 Å². The molecule has 0 spiro atoms. The first-order chi connectivity index (χ1) is 23.6. The fourth-order valence-corrected chi connectivity index (χ4v) is 5.31. The Balaban J connectivity index is 1.17. The predicted octanol–water partition coefficient (Wildman–Crippen LogP) is 9.62. The van der Waals surface area contributed by atoms with E-state index in [0.29, 0.717) is 25.0 Å². The van der Waals surface area contributed by atoms with E-state index >= 15 is 0 Å². The third-order valence-electron chi connectivity index (χ3n) is 8.35. The summed E-state index contributed by atoms with van der Waals surface area (Å²) >= 11 is 0. The molecule has 0 radical (unpaired) electrons. The van der Waals surface area contributed by atoms with Crippen molar-refractivity contribution in [3.05, 3.63) is 83.9 Å². The van der Waals surface area contributed by atoms with E-state index in [0.717, 1.165) is 81.8 Å². The number of carbonyl (C=O) groups is 2. The van der Waals surface area contributed by atoms with E-state index in [-0.39, 0.29) is 23.1 Å². The van der Waals surface area contributed by atoms with E-state index in [4.69, 9.17) is 23.7 Å². The second-order valence-electron chi connectivity index (χ2n) is 12.9. The van der Waals surface area contributed by atoms with Crippen LogP contribution < -0.4 is 9.47 Å². The summed E-state index contributed by atoms with van der Waals surface area (Å²) < 4.78 is 67.3. The Morgan fingerprint density at radius 2 is 1.29 bits per heavy atom. The van der Waals surface area contributed by atoms with Crippen LogP contribution in [0.1, 0.15) is 92.4 Å². The van der Waals surface area contributed by atoms with Crippen LogP contribution in [0.5, 0.6) is 11.5 Å². The zero-order valence-corrected chi connectivity index (χ0v) is 28.4. The summed E-state index contributed by atoms with van der Waals surface area (Å²) in [5, 5.41) is 0. The highest BCUT2D eigenvalue weighted by molar-refractivity contribution is 5.92. The van der Waals surface area contributed by atoms with E-state index in [9.17, 15) is 22.8 Å². The topological polar surface area (TPSA) is 80.3 Å². The molecule has 0 N–H and O–H groups in total. The molecule has 1 heterocycles. The van der Waals surface area contributed by atoms with Crippen molar-refractivity contribution in [3.8, 4) is 22.6 Å². The summed E-state index contributed by atoms with van der Waals surface area (Å²) in [5.41, 5.74) is 2.33. The summed E-state index contributed by atoms with van der Waals surface area (Å²) in [6, 6.07) is 19.9. The summed E-state index contributed by atoms with van der Waals surface area (Å²) in [4.78, 5) is 25.1. The number of hydrogen-bond donors (Lipinski definition) is 0. The number of esters is 2. The highest BCUT2D eigenvalue weighted by Gasteiger charge is 2.42. The van der Waals surface area contributed by atoms with Crippen molar-refractivity contribution in [1.29, 1.82) is 0 Å². The zero-order valence-electron chi connectivity index (χ0n) is 28.4. The first kappa shape index (κ1) is 37.9. The van der Waals surface area contributed by atoms with E-state index in [1.165, 1.54) is 24.3 Å². The van der Waals surface area contributed by atoms with Crippen LogP contribution in [0, 0.1) is 5.41 Å². The van der Waals surface area contributed by atoms with Crippen molar-refractivity contribution in [2.24, 2.45) is 5.41 Å². The van der Waals surface area contributed by atoms with Gasteiger partial charge in [-0.15, -0.1) is 0 Å². The van der Waals surface area contributed by atoms with Crippen LogP contribution >= 0.6 is 0 Å². The Kier molecular flexibility index (Phi) is 14.5. The molecule has 1 aliphatic rings. The summed E-state index contributed by atoms with van der Waals surface area (Å²) in [7, 11) is 0. The minimum atomic E-state index is -4.65. The number of unbranched alkanes of at least 4 members (excludes halogenated alkanes) is 6. The lowest BCUT2D eigenvalue weighted by Crippen LogP contribution is -2.43. The standard InChI is InChI=1S/C39H47F3O7/c1-3-4-5-8-11-35(39(40,41)42)49-37(44)32-18-22-34(23-19-32)48-36(43)31-14-12-29(13-15-31)30-16-20-33(21-17-30)47-25-10-7-6-9-24-45-26-38(2)27-46-28-38/h12-23,35H,3-11,24-28H2,1-2H3/t35-/m0/s1. The van der Waals surface area contributed by atoms with E-state index in [2.05, 4.69) is 6.92 Å². The smallest absolute Gasteiger partial charge is 0.425 e. The molecule has 0 saturated carbocycles. The molecule has 1 saturated heterocycles. The van der Waals surface area contributed by atoms with Gasteiger partial charge in [0.15, 0.2) is 6.10 Å². The summed E-state index contributed by atoms with van der Waals surface area (Å²) in [5.74, 6) is -0.749. The maximum atomic E-state index is 13.4. The lowest BCUT2D eigenvalue weighted by atomic mass is 9.90. The number of alkyl halides is 3. The van der Waals surface area contributed by atoms with Gasteiger partial charge in [0.1, 0.15) is 11.5 Å². The van der Waals surface area contributed by atoms with Crippen LogP contribution in [0.25, 0.3) is 11.1 Å². The van der Waals surface area contributed by atoms with Crippen LogP contribution in [0.3, 0.4) is 0 Å². The number of halogens is 3. The third-order valence-corrected chi connectivity index (χ3v) is 8.35. The molecular weight excluding hydrogens is 637 g/mol. The maximum absolute atomic E-state index is 13.4. The van der Waals surface area contributed by atoms with Crippen molar-refractivity contribution in [1.82, 2.24) is 0 Å². The molecule has 266 valence electrons. The van der Waals surface area contributed by atoms with Gasteiger partial charge in [0.05, 0.1) is 37.6 Å². The largest absolute Gasteiger partial charge is 0.494 e. The van der Waals surface area contributed by atoms with Gasteiger partial charge in [0.25, 0.3) is 0 Å². The van der Waals surface area contributed by atoms with Gasteiger partial charge in [-0.05, 0) is 91.8 Å². The third kappa shape index (κ3) is 12.5. The fourth-order valence-electron chi connectivity index (χ4n) is 5.31. The second-order valence-corrected chi connectivity index (χ2v) is 12.9. The first-order valence-electron chi connectivity index (χ1n) is 17.1. The Hall–Kier alpha value is -3.89. The Bertz CT molecular complexity index is 1430. The molecule has 3 aromatic rings. The first-order valence-corrected chi connectivity index (χ1v) is 17.1. The molecular formula is C39H47F3O7. The lowest BCUT2D eigenvalue weighted by molar-refractivity contribution is -0.206. The number of benzene rings is 3. The molecule has 1 atom stereocenters. The van der Waals surface area contributed by atoms with Gasteiger partial charge in [-0.3, -0.25) is 0 Å². The molecule has 1 fully saturated rings. The van der Waals surface area contributed by atoms with Gasteiger partial charge in [-0.1, -0.05) is 63.8 Å². The minimum Gasteiger partial charge on any atom is -0.494 e. The monoisotopic (exact) mass is 684 g/mol. The predicted molar refractivity (Wildman–Crippen MR) is 181 cm³/mol. The molecule has 1 aliphatic heterocycles. The van der Waals surface area contributed by atoms with Crippen molar-refractivity contribution in [3.63, 3.8) is 0 Å². The molecule has 10 heteroatoms. The number of rotatable bonds is 20. The van der Waals surface area contributed by atoms with Gasteiger partial charge < -0.3 is 23.7 Å². The van der Waals surface area contributed by atoms with Crippen LogP contribution in [0.15, 0.2) is 72.8 Å². The van der Waals surface area contributed by atoms with Crippen LogP contribution in [-0.2, 0) is 14.2 Å². The Morgan fingerprint density at radius 3 is 1.88 bits per heavy atom. The van der Waals surface area contributed by atoms with Crippen molar-refractivity contribution in [2.75, 3.05) is 33.0 Å². The normalized spacial score (nSPS) is 14.5. The Morgan fingerprint density at radius 1 is 0.735 bits per heavy atom. The molecule has 3 aromatic carbocycles. The molecule has 0 aromatic heterocycles. The van der Waals surface area contributed by atoms with Gasteiger partial charge in [-0.2, -0.15) is 13.2 Å². The van der Waals surface area contributed by atoms with Gasteiger partial charge in [-0.25, -0.2) is 9.59 Å². The van der Waals surface area contributed by atoms with E-state index in [1.54, 1.807) is 12.1 Å². The van der Waals surface area contributed by atoms with E-state index in [1.807, 2.05) is 43.3 Å². The lowest BCUT2D eigenvalue weighted by Gasteiger charge is -2.37. The summed E-state index contributed by atoms with van der Waals surface area (Å²) in [6.45, 7) is 7.93. The highest BCUT2D eigenvalue weighted by Crippen LogP contribution is 2.29. The molecule has 4 rings (SSSR count). The Labute approximate surface area is 287 Å². The average molecular weight is 685 g/mol. The average Bonchev–Trinajstić information content (AvgIpc) is 3.08. The number of carbonyl (C=O) groups excluding carboxylic acids is 2. The quantitative estimate of drug-likeness (QED) is 0.0666. The molecule has 0 aliphatic carbocycles. The van der Waals surface area contributed by atoms with Gasteiger partial charge in [0.2, 0.25) is 0 Å². The van der Waals surface area contributed by atoms with Gasteiger partial charge in [0, 0.05) is 12.0 Å². The van der Waals surface area contributed by atoms with Crippen LogP contribution in [0.2, 0.25) is 0 Å². The highest BCUT2D eigenvalue weighted by atomic mass is 19.4. The van der Waals surface area contributed by atoms with Crippen LogP contribution in [0.4, 0.5) is 13.2 Å². The minimum absolute atomic E-state index is 0.0646. The van der Waals surface area contributed by atoms with Crippen LogP contribution in [-0.4, -0.2) is 57.3 Å². The second kappa shape index (κ2) is 18.8. The van der Waals surface area contributed by atoms with Gasteiger partial charge >= 0.3 is 18.1 Å². The number of ether oxygens (including phenoxy) is 5. The zero-order chi connectivity index (χ0) is 35.1. The molecule has 0 amide bonds. The summed E-state index contributed by atoms with van der Waals surface area (Å²) in [6.07, 6.45) is -0.213. The maximum Gasteiger partial charge on any atom is 0.425 e. The molecule has 0 bridgehead atoms. The molecule has 49 heavy (non-hydrogen) atoms. The van der Waals surface area contributed by atoms with Crippen molar-refractivity contribution >= 4 is 11.9 Å². The fraction of sp³-hybridized carbons (Fsp3) is 0.487. The number of hydrogen-bond acceptors (Lipinski definition) is 7.